The molecule has 0 aliphatic heterocycles. The molecule has 1 atom stereocenters. The van der Waals surface area contributed by atoms with Crippen molar-refractivity contribution in [2.75, 3.05) is 14.2 Å². The van der Waals surface area contributed by atoms with Gasteiger partial charge < -0.3 is 15.2 Å². The van der Waals surface area contributed by atoms with E-state index in [1.54, 1.807) is 14.2 Å². The van der Waals surface area contributed by atoms with E-state index in [9.17, 15) is 0 Å². The van der Waals surface area contributed by atoms with E-state index < -0.39 is 0 Å². The smallest absolute Gasteiger partial charge is 0.161 e. The van der Waals surface area contributed by atoms with Gasteiger partial charge in [0.15, 0.2) is 11.5 Å². The van der Waals surface area contributed by atoms with Crippen molar-refractivity contribution in [2.45, 2.75) is 19.9 Å². The normalized spacial score (nSPS) is 12.1. The van der Waals surface area contributed by atoms with Crippen molar-refractivity contribution in [3.63, 3.8) is 0 Å². The van der Waals surface area contributed by atoms with Gasteiger partial charge >= 0.3 is 0 Å². The fraction of sp³-hybridized carbons (Fsp3) is 0.294. The standard InChI is InChI=1S/C17H20BrNO2/c1-10-7-13(8-11(2)16(10)18)17(19)12-5-6-14(20-3)15(9-12)21-4/h5-9,17H,19H2,1-4H3. The van der Waals surface area contributed by atoms with Gasteiger partial charge in [-0.15, -0.1) is 0 Å². The topological polar surface area (TPSA) is 44.5 Å². The first-order valence-electron chi connectivity index (χ1n) is 6.72. The molecule has 2 rings (SSSR count). The van der Waals surface area contributed by atoms with Crippen molar-refractivity contribution in [3.05, 3.63) is 57.1 Å². The Morgan fingerprint density at radius 3 is 2.00 bits per heavy atom. The van der Waals surface area contributed by atoms with Gasteiger partial charge in [0, 0.05) is 4.47 Å². The molecule has 112 valence electrons. The maximum absolute atomic E-state index is 6.41. The van der Waals surface area contributed by atoms with Crippen LogP contribution in [0.3, 0.4) is 0 Å². The zero-order valence-corrected chi connectivity index (χ0v) is 14.3. The van der Waals surface area contributed by atoms with Crippen LogP contribution in [0.2, 0.25) is 0 Å². The van der Waals surface area contributed by atoms with Gasteiger partial charge in [-0.1, -0.05) is 34.1 Å². The van der Waals surface area contributed by atoms with Gasteiger partial charge in [0.25, 0.3) is 0 Å². The van der Waals surface area contributed by atoms with Crippen molar-refractivity contribution in [1.82, 2.24) is 0 Å². The van der Waals surface area contributed by atoms with Crippen LogP contribution in [0.4, 0.5) is 0 Å². The second-order valence-electron chi connectivity index (χ2n) is 5.06. The van der Waals surface area contributed by atoms with Gasteiger partial charge in [0.1, 0.15) is 0 Å². The first kappa shape index (κ1) is 15.9. The molecule has 4 heteroatoms. The summed E-state index contributed by atoms with van der Waals surface area (Å²) >= 11 is 3.58. The van der Waals surface area contributed by atoms with Crippen LogP contribution in [0.5, 0.6) is 11.5 Å². The zero-order valence-electron chi connectivity index (χ0n) is 12.7. The van der Waals surface area contributed by atoms with Crippen LogP contribution in [0.25, 0.3) is 0 Å². The molecule has 0 spiro atoms. The highest BCUT2D eigenvalue weighted by atomic mass is 79.9. The van der Waals surface area contributed by atoms with Crippen molar-refractivity contribution in [1.29, 1.82) is 0 Å². The van der Waals surface area contributed by atoms with Gasteiger partial charge in [-0.3, -0.25) is 0 Å². The number of halogens is 1. The molecule has 0 aliphatic carbocycles. The SMILES string of the molecule is COc1ccc(C(N)c2cc(C)c(Br)c(C)c2)cc1OC. The summed E-state index contributed by atoms with van der Waals surface area (Å²) < 4.78 is 11.7. The van der Waals surface area contributed by atoms with E-state index in [4.69, 9.17) is 15.2 Å². The Hall–Kier alpha value is -1.52. The van der Waals surface area contributed by atoms with E-state index in [2.05, 4.69) is 41.9 Å². The molecule has 21 heavy (non-hydrogen) atoms. The molecule has 3 nitrogen and oxygen atoms in total. The van der Waals surface area contributed by atoms with Crippen molar-refractivity contribution >= 4 is 15.9 Å². The number of rotatable bonds is 4. The molecule has 0 bridgehead atoms. The molecule has 2 N–H and O–H groups in total. The lowest BCUT2D eigenvalue weighted by molar-refractivity contribution is 0.354. The Kier molecular flexibility index (Phi) is 4.91. The lowest BCUT2D eigenvalue weighted by Crippen LogP contribution is -2.12. The second kappa shape index (κ2) is 6.50. The molecule has 0 fully saturated rings. The highest BCUT2D eigenvalue weighted by molar-refractivity contribution is 9.10. The monoisotopic (exact) mass is 349 g/mol. The largest absolute Gasteiger partial charge is 0.493 e. The second-order valence-corrected chi connectivity index (χ2v) is 5.85. The van der Waals surface area contributed by atoms with Crippen LogP contribution in [-0.2, 0) is 0 Å². The predicted octanol–water partition coefficient (Wildman–Crippen LogP) is 4.13. The van der Waals surface area contributed by atoms with Crippen LogP contribution in [-0.4, -0.2) is 14.2 Å². The fourth-order valence-corrected chi connectivity index (χ4v) is 2.63. The summed E-state index contributed by atoms with van der Waals surface area (Å²) in [5, 5.41) is 0. The average Bonchev–Trinajstić information content (AvgIpc) is 2.50. The van der Waals surface area contributed by atoms with Crippen molar-refractivity contribution < 1.29 is 9.47 Å². The van der Waals surface area contributed by atoms with Crippen LogP contribution in [0.15, 0.2) is 34.8 Å². The maximum atomic E-state index is 6.41. The number of hydrogen-bond acceptors (Lipinski definition) is 3. The average molecular weight is 350 g/mol. The Morgan fingerprint density at radius 2 is 1.48 bits per heavy atom. The Labute approximate surface area is 134 Å². The van der Waals surface area contributed by atoms with Crippen molar-refractivity contribution in [2.24, 2.45) is 5.73 Å². The van der Waals surface area contributed by atoms with Crippen LogP contribution in [0.1, 0.15) is 28.3 Å². The summed E-state index contributed by atoms with van der Waals surface area (Å²) in [6.45, 7) is 4.14. The minimum Gasteiger partial charge on any atom is -0.493 e. The molecule has 0 heterocycles. The minimum atomic E-state index is -0.199. The van der Waals surface area contributed by atoms with Gasteiger partial charge in [-0.25, -0.2) is 0 Å². The summed E-state index contributed by atoms with van der Waals surface area (Å²) in [5.74, 6) is 1.40. The van der Waals surface area contributed by atoms with E-state index >= 15 is 0 Å². The quantitative estimate of drug-likeness (QED) is 0.902. The number of nitrogens with two attached hydrogens (primary N) is 1. The lowest BCUT2D eigenvalue weighted by Gasteiger charge is -2.17. The van der Waals surface area contributed by atoms with Crippen LogP contribution < -0.4 is 15.2 Å². The molecular formula is C17H20BrNO2. The molecule has 0 amide bonds. The number of ether oxygens (including phenoxy) is 2. The zero-order chi connectivity index (χ0) is 15.6. The number of methoxy groups -OCH3 is 2. The third-order valence-electron chi connectivity index (χ3n) is 3.58. The van der Waals surface area contributed by atoms with E-state index in [0.717, 1.165) is 15.6 Å². The highest BCUT2D eigenvalue weighted by Crippen LogP contribution is 2.33. The summed E-state index contributed by atoms with van der Waals surface area (Å²) in [4.78, 5) is 0. The van der Waals surface area contributed by atoms with E-state index in [1.165, 1.54) is 11.1 Å². The Morgan fingerprint density at radius 1 is 0.905 bits per heavy atom. The molecule has 0 saturated heterocycles. The van der Waals surface area contributed by atoms with Crippen molar-refractivity contribution in [3.8, 4) is 11.5 Å². The Balaban J connectivity index is 2.42. The van der Waals surface area contributed by atoms with Gasteiger partial charge in [-0.05, 0) is 48.2 Å². The summed E-state index contributed by atoms with van der Waals surface area (Å²) in [6.07, 6.45) is 0. The fourth-order valence-electron chi connectivity index (χ4n) is 2.40. The van der Waals surface area contributed by atoms with Gasteiger partial charge in [-0.2, -0.15) is 0 Å². The molecule has 1 unspecified atom stereocenters. The highest BCUT2D eigenvalue weighted by Gasteiger charge is 2.14. The summed E-state index contributed by atoms with van der Waals surface area (Å²) in [7, 11) is 3.25. The first-order valence-corrected chi connectivity index (χ1v) is 7.51. The van der Waals surface area contributed by atoms with Gasteiger partial charge in [0.2, 0.25) is 0 Å². The lowest BCUT2D eigenvalue weighted by atomic mass is 9.96. The van der Waals surface area contributed by atoms with E-state index in [0.29, 0.717) is 11.5 Å². The maximum Gasteiger partial charge on any atom is 0.161 e. The number of aryl methyl sites for hydroxylation is 2. The first-order chi connectivity index (χ1) is 9.97. The molecule has 2 aromatic rings. The third kappa shape index (κ3) is 3.22. The summed E-state index contributed by atoms with van der Waals surface area (Å²) in [6, 6.07) is 9.80. The number of benzene rings is 2. The molecule has 0 radical (unpaired) electrons. The van der Waals surface area contributed by atoms with E-state index in [1.807, 2.05) is 18.2 Å². The predicted molar refractivity (Wildman–Crippen MR) is 89.2 cm³/mol. The molecule has 2 aromatic carbocycles. The molecule has 0 aromatic heterocycles. The van der Waals surface area contributed by atoms with Gasteiger partial charge in [0.05, 0.1) is 20.3 Å². The molecular weight excluding hydrogens is 330 g/mol. The Bertz CT molecular complexity index is 632. The molecule has 0 aliphatic rings. The summed E-state index contributed by atoms with van der Waals surface area (Å²) in [5.41, 5.74) is 10.8. The number of hydrogen-bond donors (Lipinski definition) is 1. The molecule has 0 saturated carbocycles. The van der Waals surface area contributed by atoms with E-state index in [-0.39, 0.29) is 6.04 Å². The van der Waals surface area contributed by atoms with Crippen LogP contribution >= 0.6 is 15.9 Å². The van der Waals surface area contributed by atoms with Crippen LogP contribution in [0, 0.1) is 13.8 Å². The third-order valence-corrected chi connectivity index (χ3v) is 4.84. The minimum absolute atomic E-state index is 0.199.